The van der Waals surface area contributed by atoms with Gasteiger partial charge in [0.05, 0.1) is 8.77 Å². The second-order valence-corrected chi connectivity index (χ2v) is 18.5. The molecule has 4 aliphatic rings. The lowest BCUT2D eigenvalue weighted by Gasteiger charge is -2.27. The molecule has 2 atom stereocenters. The Balaban J connectivity index is 1.08. The lowest BCUT2D eigenvalue weighted by molar-refractivity contribution is -0.137. The molecule has 9 rings (SSSR count). The number of thiazole rings is 1. The summed E-state index contributed by atoms with van der Waals surface area (Å²) in [4.78, 5) is 45.5. The van der Waals surface area contributed by atoms with Crippen molar-refractivity contribution in [2.45, 2.75) is 54.5 Å². The van der Waals surface area contributed by atoms with Crippen molar-refractivity contribution in [3.8, 4) is 0 Å². The monoisotopic (exact) mass is 803 g/mol. The molecule has 1 aliphatic carbocycles. The first kappa shape index (κ1) is 35.4. The van der Waals surface area contributed by atoms with Gasteiger partial charge in [0.25, 0.3) is 11.5 Å². The molecule has 7 nitrogen and oxygen atoms in total. The molecule has 0 radical (unpaired) electrons. The molecule has 3 aliphatic heterocycles. The summed E-state index contributed by atoms with van der Waals surface area (Å²) < 4.78 is 3.58. The lowest BCUT2D eigenvalue weighted by atomic mass is 9.96. The van der Waals surface area contributed by atoms with Crippen LogP contribution < -0.4 is 19.7 Å². The average Bonchev–Trinajstić information content (AvgIpc) is 3.99. The first-order valence-corrected chi connectivity index (χ1v) is 21.5. The van der Waals surface area contributed by atoms with Crippen LogP contribution in [-0.4, -0.2) is 43.4 Å². The number of nitrogens with zero attached hydrogens (tertiary/aromatic N) is 3. The largest absolute Gasteiger partial charge is 0.480 e. The quantitative estimate of drug-likeness (QED) is 0.164. The van der Waals surface area contributed by atoms with E-state index in [0.717, 1.165) is 47.9 Å². The number of hydrogen-bond acceptors (Lipinski definition) is 9. The molecule has 4 heterocycles. The summed E-state index contributed by atoms with van der Waals surface area (Å²) in [7, 11) is 0. The second kappa shape index (κ2) is 14.4. The van der Waals surface area contributed by atoms with E-state index in [1.54, 1.807) is 0 Å². The number of amides is 1. The Kier molecular flexibility index (Phi) is 9.43. The molecule has 0 spiro atoms. The Hall–Kier alpha value is -4.33. The summed E-state index contributed by atoms with van der Waals surface area (Å²) in [5.41, 5.74) is 7.76. The number of hydrogen-bond donors (Lipinski definition) is 1. The fourth-order valence-electron chi connectivity index (χ4n) is 7.96. The van der Waals surface area contributed by atoms with Crippen molar-refractivity contribution in [1.82, 2.24) is 9.47 Å². The normalized spacial score (nSPS) is 20.2. The molecule has 4 aromatic carbocycles. The fourth-order valence-corrected chi connectivity index (χ4v) is 13.3. The van der Waals surface area contributed by atoms with Gasteiger partial charge < -0.3 is 10.0 Å². The van der Waals surface area contributed by atoms with Crippen LogP contribution >= 0.6 is 58.8 Å². The van der Waals surface area contributed by atoms with Crippen LogP contribution in [0.2, 0.25) is 0 Å². The number of benzene rings is 4. The van der Waals surface area contributed by atoms with Gasteiger partial charge in [0.2, 0.25) is 0 Å². The summed E-state index contributed by atoms with van der Waals surface area (Å²) in [5, 5.41) is 9.66. The molecular formula is C42H33N3O4S5. The Morgan fingerprint density at radius 2 is 1.61 bits per heavy atom. The molecule has 1 saturated heterocycles. The standard InChI is InChI=1S/C42H33N3O4S5/c1-2-43-39(49)37(54-42(43)50)40-44(23-35(46)47)38(48)34(51-40)21-24-16-18-31-29(20-24)28-14-9-15-30(28)45(31)27-17-19-32-33(22-27)53-41(52-32)36(25-10-5-3-6-11-25)26-12-7-4-8-13-26/h3-8,10-13,16-22,28,30H,2,9,14-15,23H2,1H3,(H,46,47). The zero-order valence-electron chi connectivity index (χ0n) is 29.1. The molecule has 2 unspecified atom stereocenters. The summed E-state index contributed by atoms with van der Waals surface area (Å²) in [5.74, 6) is -1.08. The van der Waals surface area contributed by atoms with Gasteiger partial charge in [-0.3, -0.25) is 23.9 Å². The number of carboxylic acid groups (broad SMARTS) is 1. The van der Waals surface area contributed by atoms with E-state index in [1.807, 2.05) is 42.6 Å². The number of carbonyl (C=O) groups excluding carboxylic acids is 1. The molecule has 1 aromatic heterocycles. The van der Waals surface area contributed by atoms with E-state index in [0.29, 0.717) is 36.9 Å². The number of carbonyl (C=O) groups is 2. The first-order valence-electron chi connectivity index (χ1n) is 17.8. The Labute approximate surface area is 334 Å². The summed E-state index contributed by atoms with van der Waals surface area (Å²) in [6.45, 7) is 1.70. The highest BCUT2D eigenvalue weighted by atomic mass is 32.2. The van der Waals surface area contributed by atoms with Crippen molar-refractivity contribution in [3.63, 3.8) is 0 Å². The fraction of sp³-hybridized carbons (Fsp3) is 0.190. The highest BCUT2D eigenvalue weighted by Gasteiger charge is 2.42. The van der Waals surface area contributed by atoms with E-state index in [2.05, 4.69) is 95.9 Å². The number of anilines is 2. The van der Waals surface area contributed by atoms with Crippen LogP contribution in [-0.2, 0) is 16.1 Å². The van der Waals surface area contributed by atoms with E-state index in [9.17, 15) is 19.5 Å². The summed E-state index contributed by atoms with van der Waals surface area (Å²) in [6.07, 6.45) is 5.17. The second-order valence-electron chi connectivity index (χ2n) is 13.5. The maximum Gasteiger partial charge on any atom is 0.323 e. The van der Waals surface area contributed by atoms with Crippen LogP contribution in [0.1, 0.15) is 54.4 Å². The number of aromatic nitrogens is 1. The average molecular weight is 804 g/mol. The van der Waals surface area contributed by atoms with Crippen molar-refractivity contribution >= 4 is 103 Å². The summed E-state index contributed by atoms with van der Waals surface area (Å²) >= 11 is 11.4. The molecule has 2 fully saturated rings. The van der Waals surface area contributed by atoms with Crippen LogP contribution in [0.5, 0.6) is 0 Å². The Bertz CT molecular complexity index is 2560. The van der Waals surface area contributed by atoms with Crippen LogP contribution in [0.3, 0.4) is 0 Å². The third kappa shape index (κ3) is 6.18. The van der Waals surface area contributed by atoms with E-state index in [4.69, 9.17) is 12.2 Å². The predicted molar refractivity (Wildman–Crippen MR) is 226 cm³/mol. The number of carboxylic acids is 1. The Morgan fingerprint density at radius 3 is 2.30 bits per heavy atom. The minimum Gasteiger partial charge on any atom is -0.480 e. The number of thioether (sulfide) groups is 3. The third-order valence-electron chi connectivity index (χ3n) is 10.3. The first-order chi connectivity index (χ1) is 26.3. The zero-order chi connectivity index (χ0) is 37.1. The number of fused-ring (bicyclic) bond motifs is 4. The van der Waals surface area contributed by atoms with Gasteiger partial charge in [0.15, 0.2) is 0 Å². The molecule has 1 saturated carbocycles. The molecular weight excluding hydrogens is 771 g/mol. The molecule has 5 aromatic rings. The van der Waals surface area contributed by atoms with Gasteiger partial charge in [-0.05, 0) is 78.4 Å². The molecule has 1 N–H and O–H groups in total. The highest BCUT2D eigenvalue weighted by molar-refractivity contribution is 8.30. The van der Waals surface area contributed by atoms with Crippen LogP contribution in [0.15, 0.2) is 116 Å². The highest BCUT2D eigenvalue weighted by Crippen LogP contribution is 2.58. The summed E-state index contributed by atoms with van der Waals surface area (Å²) in [6, 6.07) is 34.9. The van der Waals surface area contributed by atoms with Gasteiger partial charge in [-0.1, -0.05) is 121 Å². The van der Waals surface area contributed by atoms with E-state index < -0.39 is 18.1 Å². The lowest BCUT2D eigenvalue weighted by Crippen LogP contribution is -2.35. The van der Waals surface area contributed by atoms with Crippen molar-refractivity contribution < 1.29 is 14.7 Å². The van der Waals surface area contributed by atoms with Gasteiger partial charge in [-0.15, -0.1) is 11.3 Å². The van der Waals surface area contributed by atoms with E-state index >= 15 is 0 Å². The van der Waals surface area contributed by atoms with Crippen molar-refractivity contribution in [2.24, 2.45) is 0 Å². The van der Waals surface area contributed by atoms with Crippen molar-refractivity contribution in [3.05, 3.63) is 143 Å². The number of rotatable bonds is 7. The maximum absolute atomic E-state index is 13.7. The smallest absolute Gasteiger partial charge is 0.323 e. The van der Waals surface area contributed by atoms with Gasteiger partial charge in [0, 0.05) is 45.2 Å². The molecule has 12 heteroatoms. The predicted octanol–water partition coefficient (Wildman–Crippen LogP) is 8.21. The third-order valence-corrected chi connectivity index (χ3v) is 15.6. The van der Waals surface area contributed by atoms with Crippen LogP contribution in [0, 0.1) is 0 Å². The van der Waals surface area contributed by atoms with Crippen molar-refractivity contribution in [2.75, 3.05) is 11.4 Å². The Morgan fingerprint density at radius 1 is 0.889 bits per heavy atom. The van der Waals surface area contributed by atoms with E-state index in [1.165, 1.54) is 57.1 Å². The molecule has 0 bridgehead atoms. The minimum atomic E-state index is -1.15. The number of aliphatic carboxylic acids is 1. The van der Waals surface area contributed by atoms with Crippen molar-refractivity contribution in [1.29, 1.82) is 0 Å². The zero-order valence-corrected chi connectivity index (χ0v) is 33.1. The molecule has 270 valence electrons. The van der Waals surface area contributed by atoms with Gasteiger partial charge in [0.1, 0.15) is 20.4 Å². The van der Waals surface area contributed by atoms with Crippen LogP contribution in [0.25, 0.3) is 16.6 Å². The van der Waals surface area contributed by atoms with Gasteiger partial charge in [-0.25, -0.2) is 0 Å². The van der Waals surface area contributed by atoms with E-state index in [-0.39, 0.29) is 5.91 Å². The number of thiocarbonyl (C=S) groups is 1. The SMILES string of the molecule is CCN1C(=O)C(=c2sc(=Cc3ccc4c(c3)C3CCCC3N4c3ccc4c(c3)SC(=C(c3ccccc3)c3ccccc3)S4)c(=O)n2CC(=O)O)SC1=S. The molecule has 54 heavy (non-hydrogen) atoms. The van der Waals surface area contributed by atoms with Crippen LogP contribution in [0.4, 0.5) is 11.4 Å². The van der Waals surface area contributed by atoms with Gasteiger partial charge >= 0.3 is 5.97 Å². The minimum absolute atomic E-state index is 0.298. The topological polar surface area (TPSA) is 82.9 Å². The maximum atomic E-state index is 13.7. The van der Waals surface area contributed by atoms with Gasteiger partial charge in [-0.2, -0.15) is 0 Å². The molecule has 1 amide bonds.